The summed E-state index contributed by atoms with van der Waals surface area (Å²) in [6.45, 7) is 4.11. The van der Waals surface area contributed by atoms with Gasteiger partial charge in [0.2, 0.25) is 0 Å². The van der Waals surface area contributed by atoms with Crippen LogP contribution in [0.25, 0.3) is 0 Å². The number of aromatic nitrogens is 3. The third kappa shape index (κ3) is 2.27. The SMILES string of the molecule is CC(C)c1cc(NC(=O)c2cscn2)n[nH]1. The van der Waals surface area contributed by atoms with Gasteiger partial charge < -0.3 is 5.32 Å². The molecule has 2 aromatic heterocycles. The number of anilines is 1. The highest BCUT2D eigenvalue weighted by Crippen LogP contribution is 2.15. The Kier molecular flexibility index (Phi) is 3.00. The molecule has 2 N–H and O–H groups in total. The molecule has 0 aliphatic carbocycles. The molecule has 0 atom stereocenters. The van der Waals surface area contributed by atoms with Crippen LogP contribution >= 0.6 is 11.3 Å². The van der Waals surface area contributed by atoms with E-state index in [1.807, 2.05) is 6.07 Å². The molecule has 0 aliphatic heterocycles. The van der Waals surface area contributed by atoms with E-state index in [0.29, 0.717) is 17.4 Å². The summed E-state index contributed by atoms with van der Waals surface area (Å²) in [5, 5.41) is 11.3. The quantitative estimate of drug-likeness (QED) is 0.858. The zero-order chi connectivity index (χ0) is 11.5. The van der Waals surface area contributed by atoms with Crippen molar-refractivity contribution in [1.29, 1.82) is 0 Å². The maximum absolute atomic E-state index is 11.6. The Bertz CT molecular complexity index is 475. The molecule has 0 unspecified atom stereocenters. The van der Waals surface area contributed by atoms with Crippen LogP contribution in [0.4, 0.5) is 5.82 Å². The van der Waals surface area contributed by atoms with Crippen LogP contribution in [0.3, 0.4) is 0 Å². The average Bonchev–Trinajstić information content (AvgIpc) is 2.87. The zero-order valence-corrected chi connectivity index (χ0v) is 9.84. The van der Waals surface area contributed by atoms with Gasteiger partial charge in [-0.05, 0) is 5.92 Å². The Labute approximate surface area is 96.9 Å². The van der Waals surface area contributed by atoms with Crippen LogP contribution in [0.5, 0.6) is 0 Å². The van der Waals surface area contributed by atoms with Gasteiger partial charge in [-0.15, -0.1) is 11.3 Å². The molecule has 0 aliphatic rings. The summed E-state index contributed by atoms with van der Waals surface area (Å²) in [4.78, 5) is 15.6. The summed E-state index contributed by atoms with van der Waals surface area (Å²) in [5.41, 5.74) is 3.03. The number of rotatable bonds is 3. The van der Waals surface area contributed by atoms with Crippen LogP contribution in [-0.4, -0.2) is 21.1 Å². The fourth-order valence-corrected chi connectivity index (χ4v) is 1.73. The largest absolute Gasteiger partial charge is 0.304 e. The molecule has 6 heteroatoms. The van der Waals surface area contributed by atoms with Gasteiger partial charge in [0.1, 0.15) is 5.69 Å². The molecule has 0 aromatic carbocycles. The van der Waals surface area contributed by atoms with Crippen LogP contribution < -0.4 is 5.32 Å². The number of amides is 1. The van der Waals surface area contributed by atoms with Crippen molar-refractivity contribution in [1.82, 2.24) is 15.2 Å². The normalized spacial score (nSPS) is 10.7. The van der Waals surface area contributed by atoms with Crippen molar-refractivity contribution in [2.24, 2.45) is 0 Å². The summed E-state index contributed by atoms with van der Waals surface area (Å²) >= 11 is 1.39. The van der Waals surface area contributed by atoms with E-state index in [4.69, 9.17) is 0 Å². The summed E-state index contributed by atoms with van der Waals surface area (Å²) in [5.74, 6) is 0.655. The third-order valence-corrected chi connectivity index (χ3v) is 2.71. The Morgan fingerprint density at radius 2 is 2.38 bits per heavy atom. The number of aromatic amines is 1. The topological polar surface area (TPSA) is 70.7 Å². The summed E-state index contributed by atoms with van der Waals surface area (Å²) in [6.07, 6.45) is 0. The van der Waals surface area contributed by atoms with Crippen molar-refractivity contribution < 1.29 is 4.79 Å². The smallest absolute Gasteiger partial charge is 0.276 e. The van der Waals surface area contributed by atoms with Gasteiger partial charge in [-0.25, -0.2) is 4.98 Å². The maximum atomic E-state index is 11.6. The van der Waals surface area contributed by atoms with Crippen molar-refractivity contribution >= 4 is 23.1 Å². The lowest BCUT2D eigenvalue weighted by Crippen LogP contribution is -2.12. The first-order valence-electron chi connectivity index (χ1n) is 4.91. The number of carbonyl (C=O) groups excluding carboxylic acids is 1. The maximum Gasteiger partial charge on any atom is 0.276 e. The second-order valence-corrected chi connectivity index (χ2v) is 4.41. The van der Waals surface area contributed by atoms with Crippen LogP contribution in [0.1, 0.15) is 35.9 Å². The minimum Gasteiger partial charge on any atom is -0.304 e. The van der Waals surface area contributed by atoms with Crippen molar-refractivity contribution in [2.45, 2.75) is 19.8 Å². The monoisotopic (exact) mass is 236 g/mol. The molecule has 0 fully saturated rings. The lowest BCUT2D eigenvalue weighted by Gasteiger charge is -1.98. The molecule has 2 rings (SSSR count). The molecule has 2 heterocycles. The minimum absolute atomic E-state index is 0.233. The Morgan fingerprint density at radius 3 is 2.94 bits per heavy atom. The predicted molar refractivity (Wildman–Crippen MR) is 62.7 cm³/mol. The van der Waals surface area contributed by atoms with Crippen molar-refractivity contribution in [3.05, 3.63) is 28.3 Å². The van der Waals surface area contributed by atoms with E-state index in [0.717, 1.165) is 5.69 Å². The number of hydrogen-bond acceptors (Lipinski definition) is 4. The van der Waals surface area contributed by atoms with Gasteiger partial charge in [0.25, 0.3) is 5.91 Å². The van der Waals surface area contributed by atoms with Crippen LogP contribution in [0, 0.1) is 0 Å². The number of nitrogens with one attached hydrogen (secondary N) is 2. The summed E-state index contributed by atoms with van der Waals surface area (Å²) < 4.78 is 0. The van der Waals surface area contributed by atoms with Crippen molar-refractivity contribution in [3.8, 4) is 0 Å². The molecule has 0 radical (unpaired) electrons. The van der Waals surface area contributed by atoms with E-state index in [2.05, 4.69) is 34.3 Å². The van der Waals surface area contributed by atoms with Gasteiger partial charge in [-0.3, -0.25) is 9.89 Å². The van der Waals surface area contributed by atoms with E-state index >= 15 is 0 Å². The fourth-order valence-electron chi connectivity index (χ4n) is 1.20. The molecule has 5 nitrogen and oxygen atoms in total. The number of H-pyrrole nitrogens is 1. The zero-order valence-electron chi connectivity index (χ0n) is 9.02. The van der Waals surface area contributed by atoms with Gasteiger partial charge in [0, 0.05) is 17.1 Å². The van der Waals surface area contributed by atoms with Crippen molar-refractivity contribution in [2.75, 3.05) is 5.32 Å². The van der Waals surface area contributed by atoms with Gasteiger partial charge >= 0.3 is 0 Å². The summed E-state index contributed by atoms with van der Waals surface area (Å²) in [6, 6.07) is 1.83. The highest BCUT2D eigenvalue weighted by Gasteiger charge is 2.10. The van der Waals surface area contributed by atoms with Crippen LogP contribution in [0.15, 0.2) is 17.0 Å². The van der Waals surface area contributed by atoms with E-state index in [1.165, 1.54) is 11.3 Å². The van der Waals surface area contributed by atoms with Gasteiger partial charge in [0.15, 0.2) is 5.82 Å². The molecule has 0 saturated carbocycles. The second kappa shape index (κ2) is 4.44. The summed E-state index contributed by atoms with van der Waals surface area (Å²) in [7, 11) is 0. The first kappa shape index (κ1) is 10.8. The molecular weight excluding hydrogens is 224 g/mol. The molecule has 0 bridgehead atoms. The van der Waals surface area contributed by atoms with E-state index in [1.54, 1.807) is 10.9 Å². The fraction of sp³-hybridized carbons (Fsp3) is 0.300. The Hall–Kier alpha value is -1.69. The Morgan fingerprint density at radius 1 is 1.56 bits per heavy atom. The molecule has 2 aromatic rings. The Balaban J connectivity index is 2.07. The lowest BCUT2D eigenvalue weighted by atomic mass is 10.1. The van der Waals surface area contributed by atoms with Crippen LogP contribution in [-0.2, 0) is 0 Å². The number of hydrogen-bond donors (Lipinski definition) is 2. The van der Waals surface area contributed by atoms with Gasteiger partial charge in [-0.1, -0.05) is 13.8 Å². The molecule has 0 saturated heterocycles. The highest BCUT2D eigenvalue weighted by molar-refractivity contribution is 7.07. The predicted octanol–water partition coefficient (Wildman–Crippen LogP) is 2.24. The molecule has 16 heavy (non-hydrogen) atoms. The van der Waals surface area contributed by atoms with Crippen LogP contribution in [0.2, 0.25) is 0 Å². The minimum atomic E-state index is -0.233. The molecule has 0 spiro atoms. The lowest BCUT2D eigenvalue weighted by molar-refractivity contribution is 0.102. The van der Waals surface area contributed by atoms with Crippen molar-refractivity contribution in [3.63, 3.8) is 0 Å². The van der Waals surface area contributed by atoms with E-state index in [9.17, 15) is 4.79 Å². The third-order valence-electron chi connectivity index (χ3n) is 2.13. The second-order valence-electron chi connectivity index (χ2n) is 3.69. The molecular formula is C10H12N4OS. The standard InChI is InChI=1S/C10H12N4OS/c1-6(2)7-3-9(14-13-7)12-10(15)8-4-16-5-11-8/h3-6H,1-2H3,(H2,12,13,14,15). The number of nitrogens with zero attached hydrogens (tertiary/aromatic N) is 2. The first-order valence-corrected chi connectivity index (χ1v) is 5.86. The first-order chi connectivity index (χ1) is 7.66. The average molecular weight is 236 g/mol. The number of thiazole rings is 1. The van der Waals surface area contributed by atoms with Gasteiger partial charge in [-0.2, -0.15) is 5.10 Å². The molecule has 1 amide bonds. The van der Waals surface area contributed by atoms with Gasteiger partial charge in [0.05, 0.1) is 5.51 Å². The molecule has 84 valence electrons. The van der Waals surface area contributed by atoms with E-state index in [-0.39, 0.29) is 5.91 Å². The van der Waals surface area contributed by atoms with E-state index < -0.39 is 0 Å². The highest BCUT2D eigenvalue weighted by atomic mass is 32.1. The number of carbonyl (C=O) groups is 1.